The van der Waals surface area contributed by atoms with Crippen LogP contribution >= 0.6 is 11.3 Å². The van der Waals surface area contributed by atoms with Gasteiger partial charge in [0.25, 0.3) is 5.91 Å². The number of esters is 1. The van der Waals surface area contributed by atoms with Crippen molar-refractivity contribution in [2.24, 2.45) is 0 Å². The van der Waals surface area contributed by atoms with E-state index in [-0.39, 0.29) is 18.1 Å². The van der Waals surface area contributed by atoms with Gasteiger partial charge in [-0.05, 0) is 43.9 Å². The summed E-state index contributed by atoms with van der Waals surface area (Å²) in [6.45, 7) is 5.92. The minimum atomic E-state index is -0.577. The Morgan fingerprint density at radius 3 is 2.60 bits per heavy atom. The average molecular weight is 424 g/mol. The van der Waals surface area contributed by atoms with E-state index in [2.05, 4.69) is 5.32 Å². The van der Waals surface area contributed by atoms with Crippen LogP contribution in [-0.4, -0.2) is 33.8 Å². The molecule has 0 atom stereocenters. The summed E-state index contributed by atoms with van der Waals surface area (Å²) in [5, 5.41) is 9.44. The Hall–Kier alpha value is -3.19. The van der Waals surface area contributed by atoms with E-state index in [1.807, 2.05) is 79.5 Å². The zero-order chi connectivity index (χ0) is 21.6. The highest BCUT2D eigenvalue weighted by atomic mass is 32.1. The number of nitrogens with zero attached hydrogens (tertiary/aromatic N) is 2. The molecule has 2 heterocycles. The first-order chi connectivity index (χ1) is 14.3. The highest BCUT2D eigenvalue weighted by molar-refractivity contribution is 7.13. The van der Waals surface area contributed by atoms with E-state index >= 15 is 0 Å². The molecular formula is C23H25N3O3S. The van der Waals surface area contributed by atoms with Crippen molar-refractivity contribution >= 4 is 29.3 Å². The van der Waals surface area contributed by atoms with Gasteiger partial charge in [-0.25, -0.2) is 4.79 Å². The lowest BCUT2D eigenvalue weighted by atomic mass is 10.1. The molecule has 6 nitrogen and oxygen atoms in total. The molecule has 0 bridgehead atoms. The number of hydrogen-bond donors (Lipinski definition) is 1. The van der Waals surface area contributed by atoms with Crippen LogP contribution in [-0.2, 0) is 20.9 Å². The Balaban J connectivity index is 1.70. The zero-order valence-electron chi connectivity index (χ0n) is 17.3. The molecule has 30 heavy (non-hydrogen) atoms. The molecule has 0 unspecified atom stereocenters. The fraction of sp³-hybridized carbons (Fsp3) is 0.261. The van der Waals surface area contributed by atoms with Gasteiger partial charge < -0.3 is 10.1 Å². The summed E-state index contributed by atoms with van der Waals surface area (Å²) in [4.78, 5) is 24.9. The molecule has 3 aromatic rings. The number of carbonyl (C=O) groups excluding carboxylic acids is 2. The summed E-state index contributed by atoms with van der Waals surface area (Å²) in [6.07, 6.45) is 4.90. The molecule has 1 aromatic carbocycles. The lowest BCUT2D eigenvalue weighted by molar-refractivity contribution is -0.144. The van der Waals surface area contributed by atoms with Gasteiger partial charge in [0, 0.05) is 23.4 Å². The Morgan fingerprint density at radius 1 is 1.17 bits per heavy atom. The molecule has 1 N–H and O–H groups in total. The van der Waals surface area contributed by atoms with Crippen molar-refractivity contribution in [2.45, 2.75) is 32.9 Å². The van der Waals surface area contributed by atoms with Crippen LogP contribution in [0.2, 0.25) is 0 Å². The number of carbonyl (C=O) groups is 2. The van der Waals surface area contributed by atoms with E-state index in [1.54, 1.807) is 17.4 Å². The molecule has 0 aliphatic heterocycles. The summed E-state index contributed by atoms with van der Waals surface area (Å²) in [5.41, 5.74) is 2.37. The minimum Gasteiger partial charge on any atom is -0.452 e. The lowest BCUT2D eigenvalue weighted by Crippen LogP contribution is -2.42. The van der Waals surface area contributed by atoms with Gasteiger partial charge in [-0.2, -0.15) is 5.10 Å². The molecule has 0 saturated carbocycles. The van der Waals surface area contributed by atoms with Gasteiger partial charge in [-0.1, -0.05) is 36.4 Å². The van der Waals surface area contributed by atoms with E-state index < -0.39 is 5.97 Å². The molecule has 0 aliphatic carbocycles. The topological polar surface area (TPSA) is 73.2 Å². The van der Waals surface area contributed by atoms with Crippen LogP contribution in [0.3, 0.4) is 0 Å². The van der Waals surface area contributed by atoms with Crippen LogP contribution in [0.4, 0.5) is 0 Å². The van der Waals surface area contributed by atoms with Crippen molar-refractivity contribution < 1.29 is 14.3 Å². The second-order valence-electron chi connectivity index (χ2n) is 7.83. The third-order valence-corrected chi connectivity index (χ3v) is 4.87. The van der Waals surface area contributed by atoms with Gasteiger partial charge in [0.1, 0.15) is 5.69 Å². The maximum Gasteiger partial charge on any atom is 0.331 e. The second kappa shape index (κ2) is 9.54. The minimum absolute atomic E-state index is 0.314. The number of nitrogens with one attached hydrogen (secondary N) is 1. The predicted molar refractivity (Wildman–Crippen MR) is 119 cm³/mol. The number of amides is 1. The van der Waals surface area contributed by atoms with Crippen LogP contribution in [0.15, 0.2) is 60.1 Å². The Bertz CT molecular complexity index is 1020. The van der Waals surface area contributed by atoms with Crippen LogP contribution in [0.1, 0.15) is 31.9 Å². The van der Waals surface area contributed by atoms with Crippen molar-refractivity contribution in [1.82, 2.24) is 15.1 Å². The summed E-state index contributed by atoms with van der Waals surface area (Å²) in [6, 6.07) is 14.0. The van der Waals surface area contributed by atoms with Gasteiger partial charge >= 0.3 is 5.97 Å². The highest BCUT2D eigenvalue weighted by Gasteiger charge is 2.15. The number of aromatic nitrogens is 2. The van der Waals surface area contributed by atoms with E-state index in [0.29, 0.717) is 6.54 Å². The highest BCUT2D eigenvalue weighted by Crippen LogP contribution is 2.27. The Kier molecular flexibility index (Phi) is 6.84. The Morgan fingerprint density at radius 2 is 1.93 bits per heavy atom. The van der Waals surface area contributed by atoms with Crippen molar-refractivity contribution in [3.63, 3.8) is 0 Å². The summed E-state index contributed by atoms with van der Waals surface area (Å²) >= 11 is 1.58. The van der Waals surface area contributed by atoms with Crippen LogP contribution in [0, 0.1) is 0 Å². The van der Waals surface area contributed by atoms with Crippen molar-refractivity contribution in [3.8, 4) is 10.6 Å². The zero-order valence-corrected chi connectivity index (χ0v) is 18.1. The van der Waals surface area contributed by atoms with E-state index in [0.717, 1.165) is 21.7 Å². The van der Waals surface area contributed by atoms with Gasteiger partial charge in [-0.3, -0.25) is 9.48 Å². The molecule has 156 valence electrons. The Labute approximate surface area is 180 Å². The largest absolute Gasteiger partial charge is 0.452 e. The number of ether oxygens (including phenoxy) is 1. The monoisotopic (exact) mass is 423 g/mol. The average Bonchev–Trinajstić information content (AvgIpc) is 3.34. The van der Waals surface area contributed by atoms with Crippen molar-refractivity contribution in [2.75, 3.05) is 6.61 Å². The smallest absolute Gasteiger partial charge is 0.331 e. The van der Waals surface area contributed by atoms with Gasteiger partial charge in [0.2, 0.25) is 0 Å². The van der Waals surface area contributed by atoms with Gasteiger partial charge in [0.15, 0.2) is 6.61 Å². The van der Waals surface area contributed by atoms with E-state index in [4.69, 9.17) is 9.84 Å². The van der Waals surface area contributed by atoms with Crippen molar-refractivity contribution in [3.05, 3.63) is 71.2 Å². The third kappa shape index (κ3) is 6.42. The molecule has 7 heteroatoms. The summed E-state index contributed by atoms with van der Waals surface area (Å²) in [5.74, 6) is -0.911. The number of rotatable bonds is 7. The molecule has 0 spiro atoms. The van der Waals surface area contributed by atoms with Crippen molar-refractivity contribution in [1.29, 1.82) is 0 Å². The normalized spacial score (nSPS) is 11.6. The number of benzene rings is 1. The molecule has 3 rings (SSSR count). The van der Waals surface area contributed by atoms with E-state index in [1.165, 1.54) is 6.08 Å². The predicted octanol–water partition coefficient (Wildman–Crippen LogP) is 4.13. The summed E-state index contributed by atoms with van der Waals surface area (Å²) in [7, 11) is 0. The molecule has 0 fully saturated rings. The fourth-order valence-electron chi connectivity index (χ4n) is 2.81. The standard InChI is InChI=1S/C23H25N3O3S/c1-23(2,3)24-20(27)16-29-21(28)12-11-18-15-26(14-17-8-5-4-6-9-17)25-22(18)19-10-7-13-30-19/h4-13,15H,14,16H2,1-3H3,(H,24,27)/b12-11+. The molecule has 0 radical (unpaired) electrons. The molecule has 1 amide bonds. The second-order valence-corrected chi connectivity index (χ2v) is 8.78. The molecule has 0 aliphatic rings. The first-order valence-electron chi connectivity index (χ1n) is 9.61. The molecule has 2 aromatic heterocycles. The van der Waals surface area contributed by atoms with Gasteiger partial charge in [0.05, 0.1) is 11.4 Å². The number of thiophene rings is 1. The van der Waals surface area contributed by atoms with Crippen LogP contribution in [0.25, 0.3) is 16.6 Å². The first-order valence-corrected chi connectivity index (χ1v) is 10.5. The number of hydrogen-bond acceptors (Lipinski definition) is 5. The summed E-state index contributed by atoms with van der Waals surface area (Å²) < 4.78 is 6.90. The lowest BCUT2D eigenvalue weighted by Gasteiger charge is -2.20. The SMILES string of the molecule is CC(C)(C)NC(=O)COC(=O)/C=C/c1cn(Cc2ccccc2)nc1-c1cccs1. The maximum atomic E-state index is 12.1. The quantitative estimate of drug-likeness (QED) is 0.458. The van der Waals surface area contributed by atoms with Crippen LogP contribution < -0.4 is 5.32 Å². The fourth-order valence-corrected chi connectivity index (χ4v) is 3.54. The third-order valence-electron chi connectivity index (χ3n) is 3.99. The molecule has 0 saturated heterocycles. The maximum absolute atomic E-state index is 12.1. The van der Waals surface area contributed by atoms with Crippen LogP contribution in [0.5, 0.6) is 0 Å². The van der Waals surface area contributed by atoms with E-state index in [9.17, 15) is 9.59 Å². The molecular weight excluding hydrogens is 398 g/mol. The van der Waals surface area contributed by atoms with Gasteiger partial charge in [-0.15, -0.1) is 11.3 Å². The first kappa shape index (κ1) is 21.5.